The van der Waals surface area contributed by atoms with Gasteiger partial charge in [-0.3, -0.25) is 9.59 Å². The second kappa shape index (κ2) is 4.81. The van der Waals surface area contributed by atoms with E-state index < -0.39 is 29.7 Å². The van der Waals surface area contributed by atoms with Gasteiger partial charge in [0.25, 0.3) is 0 Å². The van der Waals surface area contributed by atoms with E-state index in [0.29, 0.717) is 5.56 Å². The highest BCUT2D eigenvalue weighted by molar-refractivity contribution is 5.87. The Balaban J connectivity index is 2.34. The summed E-state index contributed by atoms with van der Waals surface area (Å²) in [5.41, 5.74) is -0.418. The predicted molar refractivity (Wildman–Crippen MR) is 62.7 cm³/mol. The second-order valence-corrected chi connectivity index (χ2v) is 4.72. The monoisotopic (exact) mass is 287 g/mol. The van der Waals surface area contributed by atoms with Crippen LogP contribution in [0.4, 0.5) is 13.2 Å². The van der Waals surface area contributed by atoms with Crippen LogP contribution in [0.2, 0.25) is 0 Å². The topological polar surface area (TPSA) is 57.6 Å². The molecular weight excluding hydrogens is 275 g/mol. The van der Waals surface area contributed by atoms with Crippen molar-refractivity contribution in [2.45, 2.75) is 18.6 Å². The van der Waals surface area contributed by atoms with Crippen LogP contribution in [0.15, 0.2) is 24.3 Å². The molecule has 2 atom stereocenters. The third kappa shape index (κ3) is 2.48. The Kier molecular flexibility index (Phi) is 3.45. The van der Waals surface area contributed by atoms with Crippen LogP contribution in [0.5, 0.6) is 0 Å². The van der Waals surface area contributed by atoms with Crippen LogP contribution in [-0.2, 0) is 15.8 Å². The first-order valence-electron chi connectivity index (χ1n) is 5.87. The molecular formula is C13H12F3NO3. The molecule has 0 bridgehead atoms. The number of hydrogen-bond acceptors (Lipinski definition) is 2. The zero-order valence-corrected chi connectivity index (χ0v) is 10.5. The first-order valence-corrected chi connectivity index (χ1v) is 5.87. The van der Waals surface area contributed by atoms with Crippen molar-refractivity contribution in [1.82, 2.24) is 4.90 Å². The van der Waals surface area contributed by atoms with E-state index in [1.54, 1.807) is 0 Å². The van der Waals surface area contributed by atoms with Gasteiger partial charge in [0, 0.05) is 13.5 Å². The van der Waals surface area contributed by atoms with Crippen molar-refractivity contribution in [3.8, 4) is 0 Å². The van der Waals surface area contributed by atoms with Gasteiger partial charge in [0.2, 0.25) is 5.91 Å². The van der Waals surface area contributed by atoms with Crippen LogP contribution in [0.1, 0.15) is 23.6 Å². The maximum absolute atomic E-state index is 12.5. The number of benzene rings is 1. The summed E-state index contributed by atoms with van der Waals surface area (Å²) in [7, 11) is 1.45. The number of hydrogen-bond donors (Lipinski definition) is 1. The molecule has 20 heavy (non-hydrogen) atoms. The summed E-state index contributed by atoms with van der Waals surface area (Å²) in [6, 6.07) is 3.49. The molecule has 1 aliphatic rings. The maximum atomic E-state index is 12.5. The lowest BCUT2D eigenvalue weighted by atomic mass is 9.93. The molecule has 0 saturated carbocycles. The molecule has 1 amide bonds. The van der Waals surface area contributed by atoms with Crippen LogP contribution in [0, 0.1) is 5.92 Å². The Morgan fingerprint density at radius 2 is 1.85 bits per heavy atom. The molecule has 7 heteroatoms. The van der Waals surface area contributed by atoms with Gasteiger partial charge in [-0.15, -0.1) is 0 Å². The minimum atomic E-state index is -4.44. The highest BCUT2D eigenvalue weighted by Gasteiger charge is 2.43. The normalized spacial score (nSPS) is 23.2. The average molecular weight is 287 g/mol. The SMILES string of the molecule is CN1C(=O)C[C@@H](C(=O)O)[C@H]1c1ccc(C(F)(F)F)cc1. The number of alkyl halides is 3. The van der Waals surface area contributed by atoms with Crippen molar-refractivity contribution in [2.75, 3.05) is 7.05 Å². The molecule has 0 aromatic heterocycles. The van der Waals surface area contributed by atoms with Gasteiger partial charge < -0.3 is 10.0 Å². The molecule has 1 aliphatic heterocycles. The molecule has 1 saturated heterocycles. The molecule has 2 rings (SSSR count). The number of halogens is 3. The van der Waals surface area contributed by atoms with Gasteiger partial charge in [0.15, 0.2) is 0 Å². The Labute approximate surface area is 112 Å². The van der Waals surface area contributed by atoms with Gasteiger partial charge in [0.05, 0.1) is 17.5 Å². The fraction of sp³-hybridized carbons (Fsp3) is 0.385. The number of likely N-dealkylation sites (tertiary alicyclic amines) is 1. The summed E-state index contributed by atoms with van der Waals surface area (Å²) >= 11 is 0. The lowest BCUT2D eigenvalue weighted by Crippen LogP contribution is -2.26. The second-order valence-electron chi connectivity index (χ2n) is 4.72. The van der Waals surface area contributed by atoms with Gasteiger partial charge in [-0.1, -0.05) is 12.1 Å². The van der Waals surface area contributed by atoms with Gasteiger partial charge in [-0.05, 0) is 17.7 Å². The van der Waals surface area contributed by atoms with E-state index in [9.17, 15) is 22.8 Å². The molecule has 0 unspecified atom stereocenters. The minimum absolute atomic E-state index is 0.141. The van der Waals surface area contributed by atoms with Crippen molar-refractivity contribution in [3.63, 3.8) is 0 Å². The molecule has 1 fully saturated rings. The first-order chi connectivity index (χ1) is 9.21. The summed E-state index contributed by atoms with van der Waals surface area (Å²) in [4.78, 5) is 24.0. The molecule has 0 aliphatic carbocycles. The van der Waals surface area contributed by atoms with Crippen LogP contribution < -0.4 is 0 Å². The predicted octanol–water partition coefficient (Wildman–Crippen LogP) is 2.31. The molecule has 1 aromatic rings. The fourth-order valence-electron chi connectivity index (χ4n) is 2.42. The first kappa shape index (κ1) is 14.4. The number of carbonyl (C=O) groups is 2. The average Bonchev–Trinajstić information content (AvgIpc) is 2.65. The van der Waals surface area contributed by atoms with Gasteiger partial charge in [-0.25, -0.2) is 0 Å². The highest BCUT2D eigenvalue weighted by atomic mass is 19.4. The third-order valence-electron chi connectivity index (χ3n) is 3.48. The van der Waals surface area contributed by atoms with E-state index in [0.717, 1.165) is 12.1 Å². The molecule has 1 N–H and O–H groups in total. The fourth-order valence-corrected chi connectivity index (χ4v) is 2.42. The third-order valence-corrected chi connectivity index (χ3v) is 3.48. The zero-order chi connectivity index (χ0) is 15.1. The molecule has 1 aromatic carbocycles. The number of carboxylic acid groups (broad SMARTS) is 1. The number of nitrogens with zero attached hydrogens (tertiary/aromatic N) is 1. The smallest absolute Gasteiger partial charge is 0.416 e. The van der Waals surface area contributed by atoms with E-state index in [-0.39, 0.29) is 12.3 Å². The summed E-state index contributed by atoms with van der Waals surface area (Å²) < 4.78 is 37.4. The summed E-state index contributed by atoms with van der Waals surface area (Å²) in [5, 5.41) is 9.11. The quantitative estimate of drug-likeness (QED) is 0.908. The molecule has 1 heterocycles. The van der Waals surface area contributed by atoms with Crippen LogP contribution in [-0.4, -0.2) is 28.9 Å². The van der Waals surface area contributed by atoms with Crippen molar-refractivity contribution >= 4 is 11.9 Å². The molecule has 108 valence electrons. The van der Waals surface area contributed by atoms with Crippen LogP contribution in [0.25, 0.3) is 0 Å². The van der Waals surface area contributed by atoms with Gasteiger partial charge in [0.1, 0.15) is 0 Å². The van der Waals surface area contributed by atoms with E-state index in [4.69, 9.17) is 5.11 Å². The lowest BCUT2D eigenvalue weighted by molar-refractivity contribution is -0.143. The molecule has 4 nitrogen and oxygen atoms in total. The van der Waals surface area contributed by atoms with E-state index in [1.165, 1.54) is 24.1 Å². The lowest BCUT2D eigenvalue weighted by Gasteiger charge is -2.23. The number of aliphatic carboxylic acids is 1. The minimum Gasteiger partial charge on any atom is -0.481 e. The van der Waals surface area contributed by atoms with Crippen molar-refractivity contribution in [1.29, 1.82) is 0 Å². The number of rotatable bonds is 2. The van der Waals surface area contributed by atoms with E-state index in [2.05, 4.69) is 0 Å². The van der Waals surface area contributed by atoms with Crippen molar-refractivity contribution in [2.24, 2.45) is 5.92 Å². The number of carboxylic acids is 1. The number of amides is 1. The Hall–Kier alpha value is -2.05. The number of carbonyl (C=O) groups excluding carboxylic acids is 1. The zero-order valence-electron chi connectivity index (χ0n) is 10.5. The summed E-state index contributed by atoms with van der Waals surface area (Å²) in [5.74, 6) is -2.40. The standard InChI is InChI=1S/C13H12F3NO3/c1-17-10(18)6-9(12(19)20)11(17)7-2-4-8(5-3-7)13(14,15)16/h2-5,9,11H,6H2,1H3,(H,19,20)/t9-,11-/m1/s1. The largest absolute Gasteiger partial charge is 0.481 e. The van der Waals surface area contributed by atoms with Gasteiger partial charge >= 0.3 is 12.1 Å². The highest BCUT2D eigenvalue weighted by Crippen LogP contribution is 2.38. The van der Waals surface area contributed by atoms with E-state index in [1.807, 2.05) is 0 Å². The van der Waals surface area contributed by atoms with Crippen molar-refractivity contribution in [3.05, 3.63) is 35.4 Å². The van der Waals surface area contributed by atoms with Crippen molar-refractivity contribution < 1.29 is 27.9 Å². The Morgan fingerprint density at radius 1 is 1.30 bits per heavy atom. The van der Waals surface area contributed by atoms with Crippen LogP contribution in [0.3, 0.4) is 0 Å². The molecule has 0 radical (unpaired) electrons. The van der Waals surface area contributed by atoms with Gasteiger partial charge in [-0.2, -0.15) is 13.2 Å². The summed E-state index contributed by atoms with van der Waals surface area (Å²) in [6.45, 7) is 0. The Bertz CT molecular complexity index is 539. The van der Waals surface area contributed by atoms with E-state index >= 15 is 0 Å². The Morgan fingerprint density at radius 3 is 2.30 bits per heavy atom. The van der Waals surface area contributed by atoms with Crippen LogP contribution >= 0.6 is 0 Å². The molecule has 0 spiro atoms. The maximum Gasteiger partial charge on any atom is 0.416 e. The summed E-state index contributed by atoms with van der Waals surface area (Å²) in [6.07, 6.45) is -4.58.